The fraction of sp³-hybridized carbons (Fsp3) is 0.821. The van der Waals surface area contributed by atoms with E-state index >= 15 is 0 Å². The summed E-state index contributed by atoms with van der Waals surface area (Å²) in [5.74, 6) is 3.14. The van der Waals surface area contributed by atoms with Gasteiger partial charge >= 0.3 is 0 Å². The summed E-state index contributed by atoms with van der Waals surface area (Å²) in [6.07, 6.45) is 34.7. The maximum Gasteiger partial charge on any atom is 0.0682 e. The van der Waals surface area contributed by atoms with Crippen LogP contribution in [0.15, 0.2) is 29.6 Å². The highest BCUT2D eigenvalue weighted by Gasteiger charge is 2.25. The molecule has 0 spiro atoms. The molecule has 3 aliphatic rings. The lowest BCUT2D eigenvalue weighted by atomic mass is 9.80. The molecule has 2 aliphatic carbocycles. The van der Waals surface area contributed by atoms with Crippen LogP contribution in [0, 0.1) is 11.8 Å². The second-order valence-electron chi connectivity index (χ2n) is 13.8. The molecule has 41 heavy (non-hydrogen) atoms. The number of hydrogen-bond acceptors (Lipinski definition) is 2. The molecule has 1 aromatic rings. The molecule has 1 aliphatic heterocycles. The van der Waals surface area contributed by atoms with Crippen molar-refractivity contribution >= 4 is 0 Å². The van der Waals surface area contributed by atoms with Crippen LogP contribution in [0.1, 0.15) is 192 Å². The van der Waals surface area contributed by atoms with Gasteiger partial charge in [-0.05, 0) is 97.8 Å². The largest absolute Gasteiger partial charge is 0.377 e. The van der Waals surface area contributed by atoms with E-state index in [4.69, 9.17) is 4.74 Å². The van der Waals surface area contributed by atoms with Gasteiger partial charge in [-0.3, -0.25) is 4.98 Å². The first-order valence-corrected chi connectivity index (χ1v) is 18.4. The van der Waals surface area contributed by atoms with Gasteiger partial charge in [0.1, 0.15) is 0 Å². The molecular weight excluding hydrogens is 498 g/mol. The predicted octanol–water partition coefficient (Wildman–Crippen LogP) is 12.5. The lowest BCUT2D eigenvalue weighted by molar-refractivity contribution is 0.132. The summed E-state index contributed by atoms with van der Waals surface area (Å²) < 4.78 is 5.78. The van der Waals surface area contributed by atoms with E-state index in [2.05, 4.69) is 44.9 Å². The molecule has 4 unspecified atom stereocenters. The molecule has 234 valence electrons. The molecule has 0 saturated heterocycles. The van der Waals surface area contributed by atoms with Crippen LogP contribution in [0.4, 0.5) is 0 Å². The number of ether oxygens (including phenoxy) is 1. The van der Waals surface area contributed by atoms with Crippen LogP contribution in [0.3, 0.4) is 0 Å². The molecule has 0 bridgehead atoms. The summed E-state index contributed by atoms with van der Waals surface area (Å²) in [5, 5.41) is 0. The standard InChI is InChI=1S/C21H35N.C18H32O/c1-3-5-12-19-14-10-8-6-7-9-13-18(11-4-2)20-15-16-22-17-21(19)20;1-3-9-16-11-8-6-4-5-7-10-15(2)18-14-19-13-12-17(16)18/h15-19H,3-14H2,1-2H3;15-16H,3-14H2,1-2H3. The third-order valence-electron chi connectivity index (χ3n) is 10.5. The zero-order chi connectivity index (χ0) is 29.1. The summed E-state index contributed by atoms with van der Waals surface area (Å²) in [6, 6.07) is 2.34. The van der Waals surface area contributed by atoms with E-state index in [1.807, 2.05) is 11.8 Å². The van der Waals surface area contributed by atoms with Gasteiger partial charge in [0, 0.05) is 12.4 Å². The van der Waals surface area contributed by atoms with Crippen molar-refractivity contribution in [1.82, 2.24) is 4.98 Å². The Morgan fingerprint density at radius 2 is 1.24 bits per heavy atom. The minimum atomic E-state index is 0.751. The number of hydrogen-bond donors (Lipinski definition) is 0. The topological polar surface area (TPSA) is 22.1 Å². The van der Waals surface area contributed by atoms with Crippen LogP contribution in [0.2, 0.25) is 0 Å². The smallest absolute Gasteiger partial charge is 0.0682 e. The van der Waals surface area contributed by atoms with E-state index < -0.39 is 0 Å². The minimum Gasteiger partial charge on any atom is -0.377 e. The minimum absolute atomic E-state index is 0.751. The Hall–Kier alpha value is -1.15. The SMILES string of the molecule is CCCC1CCCCCCCC(C)C2=C1CCOC2.CCCCC1CCCCCCCC(CCC)c2ccncc21. The zero-order valence-electron chi connectivity index (χ0n) is 27.9. The molecular formula is C39H67NO. The molecule has 0 N–H and O–H groups in total. The van der Waals surface area contributed by atoms with Gasteiger partial charge in [-0.2, -0.15) is 0 Å². The Balaban J connectivity index is 0.000000228. The Morgan fingerprint density at radius 1 is 0.659 bits per heavy atom. The molecule has 0 saturated carbocycles. The monoisotopic (exact) mass is 566 g/mol. The lowest BCUT2D eigenvalue weighted by Gasteiger charge is -2.30. The summed E-state index contributed by atoms with van der Waals surface area (Å²) in [5.41, 5.74) is 6.73. The van der Waals surface area contributed by atoms with Gasteiger partial charge in [-0.25, -0.2) is 0 Å². The second-order valence-corrected chi connectivity index (χ2v) is 13.8. The summed E-state index contributed by atoms with van der Waals surface area (Å²) in [7, 11) is 0. The van der Waals surface area contributed by atoms with Gasteiger partial charge in [-0.15, -0.1) is 0 Å². The molecule has 0 aromatic carbocycles. The van der Waals surface area contributed by atoms with Crippen LogP contribution in [0.25, 0.3) is 0 Å². The summed E-state index contributed by atoms with van der Waals surface area (Å²) >= 11 is 0. The zero-order valence-corrected chi connectivity index (χ0v) is 27.9. The molecule has 0 fully saturated rings. The van der Waals surface area contributed by atoms with E-state index in [1.54, 1.807) is 16.7 Å². The van der Waals surface area contributed by atoms with E-state index in [-0.39, 0.29) is 0 Å². The number of pyridine rings is 1. The van der Waals surface area contributed by atoms with Crippen LogP contribution < -0.4 is 0 Å². The van der Waals surface area contributed by atoms with E-state index in [1.165, 1.54) is 141 Å². The normalized spacial score (nSPS) is 26.8. The van der Waals surface area contributed by atoms with Crippen LogP contribution in [-0.4, -0.2) is 18.2 Å². The summed E-state index contributed by atoms with van der Waals surface area (Å²) in [6.45, 7) is 11.3. The molecule has 2 heterocycles. The van der Waals surface area contributed by atoms with E-state index in [0.29, 0.717) is 0 Å². The summed E-state index contributed by atoms with van der Waals surface area (Å²) in [4.78, 5) is 4.50. The number of nitrogens with zero attached hydrogens (tertiary/aromatic N) is 1. The highest BCUT2D eigenvalue weighted by atomic mass is 16.5. The fourth-order valence-electron chi connectivity index (χ4n) is 8.08. The van der Waals surface area contributed by atoms with Crippen molar-refractivity contribution in [2.24, 2.45) is 11.8 Å². The van der Waals surface area contributed by atoms with Gasteiger partial charge in [0.2, 0.25) is 0 Å². The molecule has 2 nitrogen and oxygen atoms in total. The van der Waals surface area contributed by atoms with Crippen LogP contribution >= 0.6 is 0 Å². The van der Waals surface area contributed by atoms with Gasteiger partial charge in [0.25, 0.3) is 0 Å². The predicted molar refractivity (Wildman–Crippen MR) is 179 cm³/mol. The van der Waals surface area contributed by atoms with Crippen LogP contribution in [0.5, 0.6) is 0 Å². The molecule has 4 atom stereocenters. The first kappa shape index (κ1) is 34.3. The van der Waals surface area contributed by atoms with Crippen molar-refractivity contribution in [1.29, 1.82) is 0 Å². The average Bonchev–Trinajstić information content (AvgIpc) is 3.06. The number of unbranched alkanes of at least 4 members (excludes halogenated alkanes) is 1. The second kappa shape index (κ2) is 20.7. The fourth-order valence-corrected chi connectivity index (χ4v) is 8.08. The maximum absolute atomic E-state index is 5.78. The maximum atomic E-state index is 5.78. The van der Waals surface area contributed by atoms with Gasteiger partial charge in [0.15, 0.2) is 0 Å². The third kappa shape index (κ3) is 11.8. The Kier molecular flexibility index (Phi) is 17.3. The van der Waals surface area contributed by atoms with Crippen LogP contribution in [-0.2, 0) is 4.74 Å². The third-order valence-corrected chi connectivity index (χ3v) is 10.5. The number of rotatable bonds is 7. The first-order chi connectivity index (χ1) is 20.2. The number of fused-ring (bicyclic) bond motifs is 1. The van der Waals surface area contributed by atoms with Crippen molar-refractivity contribution in [3.63, 3.8) is 0 Å². The molecule has 0 radical (unpaired) electrons. The van der Waals surface area contributed by atoms with Crippen molar-refractivity contribution in [2.45, 2.75) is 181 Å². The highest BCUT2D eigenvalue weighted by Crippen LogP contribution is 2.38. The van der Waals surface area contributed by atoms with E-state index in [0.717, 1.165) is 36.9 Å². The van der Waals surface area contributed by atoms with Crippen molar-refractivity contribution in [2.75, 3.05) is 13.2 Å². The Bertz CT molecular complexity index is 844. The molecule has 2 heteroatoms. The Labute approximate surface area is 255 Å². The highest BCUT2D eigenvalue weighted by molar-refractivity contribution is 5.31. The first-order valence-electron chi connectivity index (χ1n) is 18.4. The molecule has 1 aromatic heterocycles. The van der Waals surface area contributed by atoms with Gasteiger partial charge in [0.05, 0.1) is 13.2 Å². The van der Waals surface area contributed by atoms with Crippen molar-refractivity contribution in [3.8, 4) is 0 Å². The molecule has 0 amide bonds. The Morgan fingerprint density at radius 3 is 1.90 bits per heavy atom. The molecule has 4 rings (SSSR count). The van der Waals surface area contributed by atoms with Crippen molar-refractivity contribution in [3.05, 3.63) is 40.7 Å². The average molecular weight is 566 g/mol. The number of aromatic nitrogens is 1. The van der Waals surface area contributed by atoms with Gasteiger partial charge in [-0.1, -0.05) is 123 Å². The lowest BCUT2D eigenvalue weighted by Crippen LogP contribution is -2.21. The van der Waals surface area contributed by atoms with Gasteiger partial charge < -0.3 is 4.74 Å². The van der Waals surface area contributed by atoms with Crippen molar-refractivity contribution < 1.29 is 4.74 Å². The van der Waals surface area contributed by atoms with E-state index in [9.17, 15) is 0 Å². The quantitative estimate of drug-likeness (QED) is 0.307.